The van der Waals surface area contributed by atoms with Crippen molar-refractivity contribution in [2.75, 3.05) is 25.4 Å². The number of carbonyl (C=O) groups excluding carboxylic acids is 2. The molecule has 0 radical (unpaired) electrons. The number of ether oxygens (including phenoxy) is 1. The highest BCUT2D eigenvalue weighted by Gasteiger charge is 2.01. The molecule has 0 aliphatic carbocycles. The molecule has 0 saturated heterocycles. The molecule has 1 N–H and O–H groups in total. The summed E-state index contributed by atoms with van der Waals surface area (Å²) in [4.78, 5) is 20.0. The minimum atomic E-state index is -0.0423. The molecule has 0 atom stereocenters. The van der Waals surface area contributed by atoms with E-state index in [2.05, 4.69) is 10.1 Å². The fraction of sp³-hybridized carbons (Fsp3) is 0.273. The maximum absolute atomic E-state index is 11.1. The van der Waals surface area contributed by atoms with Crippen molar-refractivity contribution in [3.63, 3.8) is 0 Å². The van der Waals surface area contributed by atoms with E-state index in [0.29, 0.717) is 12.0 Å². The van der Waals surface area contributed by atoms with E-state index in [4.69, 9.17) is 16.4 Å². The van der Waals surface area contributed by atoms with Gasteiger partial charge >= 0.3 is 0 Å². The molecule has 0 heterocycles. The average Bonchev–Trinajstić information content (AvgIpc) is 2.38. The molecule has 88 valence electrons. The van der Waals surface area contributed by atoms with Gasteiger partial charge in [-0.15, -0.1) is 11.6 Å². The number of methoxy groups -OCH3 is 1. The van der Waals surface area contributed by atoms with E-state index < -0.39 is 0 Å². The molecule has 0 saturated carbocycles. The van der Waals surface area contributed by atoms with Gasteiger partial charge in [0.1, 0.15) is 0 Å². The number of rotatable bonds is 4. The van der Waals surface area contributed by atoms with Gasteiger partial charge in [0, 0.05) is 18.3 Å². The van der Waals surface area contributed by atoms with Crippen LogP contribution in [0.4, 0.5) is 5.69 Å². The van der Waals surface area contributed by atoms with Crippen molar-refractivity contribution >= 4 is 29.5 Å². The molecule has 4 nitrogen and oxygen atoms in total. The van der Waals surface area contributed by atoms with Gasteiger partial charge < -0.3 is 10.1 Å². The quantitative estimate of drug-likeness (QED) is 0.499. The normalized spacial score (nSPS) is 8.44. The van der Waals surface area contributed by atoms with Gasteiger partial charge in [-0.25, -0.2) is 0 Å². The summed E-state index contributed by atoms with van der Waals surface area (Å²) in [5.74, 6) is -0.00172. The third kappa shape index (κ3) is 5.36. The molecule has 1 aromatic carbocycles. The molecule has 0 amide bonds. The summed E-state index contributed by atoms with van der Waals surface area (Å²) in [6, 6.07) is 7.21. The summed E-state index contributed by atoms with van der Waals surface area (Å²) in [6.07, 6.45) is 0. The van der Waals surface area contributed by atoms with Gasteiger partial charge in [-0.3, -0.25) is 9.59 Å². The number of ketones is 1. The van der Waals surface area contributed by atoms with Crippen LogP contribution in [0.5, 0.6) is 0 Å². The standard InChI is InChI=1S/C9H10ClNO.C2H4O2/c1-11-8-4-2-7(3-5-8)9(12)6-10;1-4-2-3/h2-5,11H,6H2,1H3;2H,1H3. The van der Waals surface area contributed by atoms with Crippen LogP contribution in [0.3, 0.4) is 0 Å². The first-order valence-corrected chi connectivity index (χ1v) is 5.06. The zero-order valence-corrected chi connectivity index (χ0v) is 9.95. The lowest BCUT2D eigenvalue weighted by molar-refractivity contribution is -0.126. The summed E-state index contributed by atoms with van der Waals surface area (Å²) in [7, 11) is 3.14. The SMILES string of the molecule is CNc1ccc(C(=O)CCl)cc1.COC=O. The zero-order valence-electron chi connectivity index (χ0n) is 9.20. The Morgan fingerprint density at radius 1 is 1.44 bits per heavy atom. The second kappa shape index (κ2) is 8.73. The van der Waals surface area contributed by atoms with Gasteiger partial charge in [0.05, 0.1) is 13.0 Å². The Kier molecular flexibility index (Phi) is 7.89. The van der Waals surface area contributed by atoms with E-state index in [1.807, 2.05) is 19.2 Å². The Hall–Kier alpha value is -1.55. The predicted octanol–water partition coefficient (Wildman–Crippen LogP) is 1.94. The molecule has 1 rings (SSSR count). The first-order valence-electron chi connectivity index (χ1n) is 4.53. The Balaban J connectivity index is 0.000000487. The predicted molar refractivity (Wildman–Crippen MR) is 64.1 cm³/mol. The third-order valence-electron chi connectivity index (χ3n) is 1.71. The van der Waals surface area contributed by atoms with Gasteiger partial charge in [-0.1, -0.05) is 0 Å². The van der Waals surface area contributed by atoms with Crippen LogP contribution in [-0.2, 0) is 9.53 Å². The highest BCUT2D eigenvalue weighted by molar-refractivity contribution is 6.30. The largest absolute Gasteiger partial charge is 0.471 e. The van der Waals surface area contributed by atoms with Crippen molar-refractivity contribution in [2.24, 2.45) is 0 Å². The summed E-state index contributed by atoms with van der Waals surface area (Å²) < 4.78 is 3.86. The van der Waals surface area contributed by atoms with Gasteiger partial charge in [0.2, 0.25) is 0 Å². The summed E-state index contributed by atoms with van der Waals surface area (Å²) in [5, 5.41) is 2.97. The lowest BCUT2D eigenvalue weighted by Gasteiger charge is -2.00. The van der Waals surface area contributed by atoms with Gasteiger partial charge in [0.25, 0.3) is 6.47 Å². The van der Waals surface area contributed by atoms with Crippen LogP contribution in [0.2, 0.25) is 0 Å². The molecule has 0 aliphatic heterocycles. The van der Waals surface area contributed by atoms with E-state index >= 15 is 0 Å². The van der Waals surface area contributed by atoms with E-state index in [9.17, 15) is 4.79 Å². The van der Waals surface area contributed by atoms with Crippen molar-refractivity contribution in [1.82, 2.24) is 0 Å². The fourth-order valence-corrected chi connectivity index (χ4v) is 1.05. The molecular weight excluding hydrogens is 230 g/mol. The lowest BCUT2D eigenvalue weighted by Crippen LogP contribution is -1.99. The van der Waals surface area contributed by atoms with E-state index in [-0.39, 0.29) is 11.7 Å². The fourth-order valence-electron chi connectivity index (χ4n) is 0.900. The number of Topliss-reactive ketones (excluding diaryl/α,β-unsaturated/α-hetero) is 1. The molecule has 0 aromatic heterocycles. The number of nitrogens with one attached hydrogen (secondary N) is 1. The number of hydrogen-bond acceptors (Lipinski definition) is 4. The molecule has 1 aromatic rings. The lowest BCUT2D eigenvalue weighted by atomic mass is 10.1. The van der Waals surface area contributed by atoms with Crippen molar-refractivity contribution in [3.8, 4) is 0 Å². The number of anilines is 1. The topological polar surface area (TPSA) is 55.4 Å². The first-order chi connectivity index (χ1) is 7.69. The second-order valence-electron chi connectivity index (χ2n) is 2.72. The molecule has 0 bridgehead atoms. The third-order valence-corrected chi connectivity index (χ3v) is 1.96. The summed E-state index contributed by atoms with van der Waals surface area (Å²) in [5.41, 5.74) is 1.64. The highest BCUT2D eigenvalue weighted by Crippen LogP contribution is 2.09. The molecule has 0 unspecified atom stereocenters. The van der Waals surface area contributed by atoms with Crippen LogP contribution in [0.25, 0.3) is 0 Å². The number of benzene rings is 1. The highest BCUT2D eigenvalue weighted by atomic mass is 35.5. The van der Waals surface area contributed by atoms with E-state index in [0.717, 1.165) is 5.69 Å². The number of carbonyl (C=O) groups is 2. The van der Waals surface area contributed by atoms with Gasteiger partial charge in [0.15, 0.2) is 5.78 Å². The number of halogens is 1. The second-order valence-corrected chi connectivity index (χ2v) is 2.98. The van der Waals surface area contributed by atoms with Crippen LogP contribution < -0.4 is 5.32 Å². The molecule has 5 heteroatoms. The number of hydrogen-bond donors (Lipinski definition) is 1. The van der Waals surface area contributed by atoms with Gasteiger partial charge in [-0.2, -0.15) is 0 Å². The van der Waals surface area contributed by atoms with Crippen molar-refractivity contribution in [2.45, 2.75) is 0 Å². The molecular formula is C11H14ClNO3. The van der Waals surface area contributed by atoms with Crippen LogP contribution in [0.15, 0.2) is 24.3 Å². The van der Waals surface area contributed by atoms with Gasteiger partial charge in [-0.05, 0) is 24.3 Å². The molecule has 16 heavy (non-hydrogen) atoms. The zero-order chi connectivity index (χ0) is 12.4. The van der Waals surface area contributed by atoms with Crippen LogP contribution in [0, 0.1) is 0 Å². The van der Waals surface area contributed by atoms with Crippen molar-refractivity contribution in [3.05, 3.63) is 29.8 Å². The van der Waals surface area contributed by atoms with Crippen molar-refractivity contribution in [1.29, 1.82) is 0 Å². The van der Waals surface area contributed by atoms with E-state index in [1.54, 1.807) is 12.1 Å². The first kappa shape index (κ1) is 14.5. The summed E-state index contributed by atoms with van der Waals surface area (Å²) >= 11 is 5.40. The Labute approximate surface area is 99.6 Å². The Morgan fingerprint density at radius 2 is 1.94 bits per heavy atom. The molecule has 0 aliphatic rings. The van der Waals surface area contributed by atoms with Crippen LogP contribution >= 0.6 is 11.6 Å². The maximum atomic E-state index is 11.1. The van der Waals surface area contributed by atoms with Crippen LogP contribution in [-0.4, -0.2) is 32.3 Å². The minimum Gasteiger partial charge on any atom is -0.471 e. The van der Waals surface area contributed by atoms with Crippen molar-refractivity contribution < 1.29 is 14.3 Å². The molecule has 0 fully saturated rings. The maximum Gasteiger partial charge on any atom is 0.292 e. The summed E-state index contributed by atoms with van der Waals surface area (Å²) in [6.45, 7) is 0.375. The smallest absolute Gasteiger partial charge is 0.292 e. The Bertz CT molecular complexity index is 325. The number of alkyl halides is 1. The average molecular weight is 244 g/mol. The monoisotopic (exact) mass is 243 g/mol. The molecule has 0 spiro atoms. The Morgan fingerprint density at radius 3 is 2.25 bits per heavy atom. The van der Waals surface area contributed by atoms with E-state index in [1.165, 1.54) is 7.11 Å². The minimum absolute atomic E-state index is 0.0406. The van der Waals surface area contributed by atoms with Crippen LogP contribution in [0.1, 0.15) is 10.4 Å².